The van der Waals surface area contributed by atoms with E-state index < -0.39 is 0 Å². The number of hydrazone groups is 1. The van der Waals surface area contributed by atoms with Gasteiger partial charge in [-0.05, 0) is 48.9 Å². The minimum atomic E-state index is -0.301. The molecule has 3 rings (SSSR count). The average Bonchev–Trinajstić information content (AvgIpc) is 2.74. The van der Waals surface area contributed by atoms with Gasteiger partial charge in [-0.3, -0.25) is 9.59 Å². The van der Waals surface area contributed by atoms with Gasteiger partial charge in [-0.15, -0.1) is 0 Å². The first-order valence-corrected chi connectivity index (χ1v) is 9.67. The van der Waals surface area contributed by atoms with E-state index >= 15 is 0 Å². The molecule has 0 radical (unpaired) electrons. The first kappa shape index (κ1) is 21.1. The third kappa shape index (κ3) is 6.18. The Hall–Kier alpha value is -3.64. The Bertz CT molecular complexity index is 1060. The SMILES string of the molecule is Cc1ccc(NCC(=O)N/N=C/c2cccc(NC(=O)c3ccccc3Cl)c2)cc1. The van der Waals surface area contributed by atoms with Crippen molar-refractivity contribution < 1.29 is 9.59 Å². The molecule has 152 valence electrons. The van der Waals surface area contributed by atoms with Crippen LogP contribution in [0.3, 0.4) is 0 Å². The van der Waals surface area contributed by atoms with Crippen molar-refractivity contribution in [2.24, 2.45) is 5.10 Å². The summed E-state index contributed by atoms with van der Waals surface area (Å²) >= 11 is 6.06. The van der Waals surface area contributed by atoms with E-state index in [1.165, 1.54) is 6.21 Å². The normalized spacial score (nSPS) is 10.6. The zero-order chi connectivity index (χ0) is 21.3. The quantitative estimate of drug-likeness (QED) is 0.389. The van der Waals surface area contributed by atoms with E-state index in [4.69, 9.17) is 11.6 Å². The van der Waals surface area contributed by atoms with Gasteiger partial charge in [0.25, 0.3) is 11.8 Å². The van der Waals surface area contributed by atoms with E-state index in [1.807, 2.05) is 37.3 Å². The summed E-state index contributed by atoms with van der Waals surface area (Å²) in [6.07, 6.45) is 1.51. The summed E-state index contributed by atoms with van der Waals surface area (Å²) < 4.78 is 0. The van der Waals surface area contributed by atoms with Crippen LogP contribution in [0.25, 0.3) is 0 Å². The fourth-order valence-corrected chi connectivity index (χ4v) is 2.83. The molecule has 0 aliphatic carbocycles. The number of rotatable bonds is 7. The van der Waals surface area contributed by atoms with Crippen LogP contribution in [0.4, 0.5) is 11.4 Å². The molecule has 0 atom stereocenters. The van der Waals surface area contributed by atoms with Gasteiger partial charge in [0.15, 0.2) is 0 Å². The Morgan fingerprint density at radius 2 is 1.73 bits per heavy atom. The minimum Gasteiger partial charge on any atom is -0.376 e. The molecule has 3 aromatic rings. The van der Waals surface area contributed by atoms with Crippen molar-refractivity contribution in [2.45, 2.75) is 6.92 Å². The van der Waals surface area contributed by atoms with Crippen LogP contribution < -0.4 is 16.1 Å². The molecule has 0 unspecified atom stereocenters. The summed E-state index contributed by atoms with van der Waals surface area (Å²) in [7, 11) is 0. The summed E-state index contributed by atoms with van der Waals surface area (Å²) in [6, 6.07) is 21.7. The van der Waals surface area contributed by atoms with Crippen molar-refractivity contribution in [2.75, 3.05) is 17.2 Å². The average molecular weight is 421 g/mol. The van der Waals surface area contributed by atoms with Gasteiger partial charge >= 0.3 is 0 Å². The second kappa shape index (κ2) is 10.2. The monoisotopic (exact) mass is 420 g/mol. The number of carbonyl (C=O) groups excluding carboxylic acids is 2. The number of halogens is 1. The summed E-state index contributed by atoms with van der Waals surface area (Å²) in [5, 5.41) is 10.2. The lowest BCUT2D eigenvalue weighted by atomic mass is 10.2. The molecule has 0 bridgehead atoms. The lowest BCUT2D eigenvalue weighted by Gasteiger charge is -2.07. The van der Waals surface area contributed by atoms with Gasteiger partial charge in [0.1, 0.15) is 0 Å². The van der Waals surface area contributed by atoms with Crippen LogP contribution in [-0.4, -0.2) is 24.6 Å². The number of hydrogen-bond donors (Lipinski definition) is 3. The van der Waals surface area contributed by atoms with Crippen LogP contribution in [0.5, 0.6) is 0 Å². The summed E-state index contributed by atoms with van der Waals surface area (Å²) in [5.74, 6) is -0.569. The van der Waals surface area contributed by atoms with Crippen molar-refractivity contribution in [3.8, 4) is 0 Å². The molecule has 30 heavy (non-hydrogen) atoms. The molecule has 2 amide bonds. The van der Waals surface area contributed by atoms with Gasteiger partial charge in [-0.1, -0.05) is 53.6 Å². The van der Waals surface area contributed by atoms with E-state index in [1.54, 1.807) is 42.5 Å². The molecule has 3 aromatic carbocycles. The Balaban J connectivity index is 1.52. The highest BCUT2D eigenvalue weighted by Gasteiger charge is 2.09. The van der Waals surface area contributed by atoms with Gasteiger partial charge in [-0.2, -0.15) is 5.10 Å². The Morgan fingerprint density at radius 3 is 2.50 bits per heavy atom. The van der Waals surface area contributed by atoms with Crippen molar-refractivity contribution in [1.29, 1.82) is 0 Å². The van der Waals surface area contributed by atoms with Gasteiger partial charge in [-0.25, -0.2) is 5.43 Å². The topological polar surface area (TPSA) is 82.6 Å². The lowest BCUT2D eigenvalue weighted by molar-refractivity contribution is -0.119. The second-order valence-corrected chi connectivity index (χ2v) is 6.98. The molecule has 0 aliphatic rings. The fourth-order valence-electron chi connectivity index (χ4n) is 2.61. The van der Waals surface area contributed by atoms with Crippen molar-refractivity contribution in [1.82, 2.24) is 5.43 Å². The predicted octanol–water partition coefficient (Wildman–Crippen LogP) is 4.46. The van der Waals surface area contributed by atoms with Crippen molar-refractivity contribution in [3.05, 3.63) is 94.5 Å². The maximum atomic E-state index is 12.4. The van der Waals surface area contributed by atoms with E-state index in [0.717, 1.165) is 16.8 Å². The minimum absolute atomic E-state index is 0.105. The van der Waals surface area contributed by atoms with Crippen LogP contribution >= 0.6 is 11.6 Å². The highest BCUT2D eigenvalue weighted by Crippen LogP contribution is 2.17. The number of amides is 2. The van der Waals surface area contributed by atoms with Crippen LogP contribution in [0.2, 0.25) is 5.02 Å². The van der Waals surface area contributed by atoms with Crippen molar-refractivity contribution in [3.63, 3.8) is 0 Å². The second-order valence-electron chi connectivity index (χ2n) is 6.57. The third-order valence-corrected chi connectivity index (χ3v) is 4.50. The van der Waals surface area contributed by atoms with Gasteiger partial charge in [0.05, 0.1) is 23.3 Å². The molecule has 0 saturated carbocycles. The summed E-state index contributed by atoms with van der Waals surface area (Å²) in [6.45, 7) is 2.11. The van der Waals surface area contributed by atoms with E-state index in [0.29, 0.717) is 16.3 Å². The number of nitrogens with zero attached hydrogens (tertiary/aromatic N) is 1. The van der Waals surface area contributed by atoms with Crippen LogP contribution in [-0.2, 0) is 4.79 Å². The molecule has 0 fully saturated rings. The molecule has 0 spiro atoms. The third-order valence-electron chi connectivity index (χ3n) is 4.17. The smallest absolute Gasteiger partial charge is 0.259 e. The Labute approximate surface area is 180 Å². The zero-order valence-corrected chi connectivity index (χ0v) is 17.1. The van der Waals surface area contributed by atoms with Gasteiger partial charge in [0.2, 0.25) is 0 Å². The highest BCUT2D eigenvalue weighted by molar-refractivity contribution is 6.34. The summed E-state index contributed by atoms with van der Waals surface area (Å²) in [5.41, 5.74) is 6.19. The number of carbonyl (C=O) groups is 2. The first-order valence-electron chi connectivity index (χ1n) is 9.29. The Morgan fingerprint density at radius 1 is 0.967 bits per heavy atom. The fraction of sp³-hybridized carbons (Fsp3) is 0.0870. The summed E-state index contributed by atoms with van der Waals surface area (Å²) in [4.78, 5) is 24.3. The van der Waals surface area contributed by atoms with E-state index in [9.17, 15) is 9.59 Å². The molecule has 7 heteroatoms. The molecule has 3 N–H and O–H groups in total. The van der Waals surface area contributed by atoms with E-state index in [2.05, 4.69) is 21.2 Å². The number of anilines is 2. The standard InChI is InChI=1S/C23H21ClN4O2/c1-16-9-11-18(12-10-16)25-15-22(29)28-26-14-17-5-4-6-19(13-17)27-23(30)20-7-2-3-8-21(20)24/h2-14,25H,15H2,1H3,(H,27,30)(H,28,29)/b26-14+. The van der Waals surface area contributed by atoms with E-state index in [-0.39, 0.29) is 18.4 Å². The molecule has 0 aromatic heterocycles. The molecule has 0 saturated heterocycles. The largest absolute Gasteiger partial charge is 0.376 e. The molecule has 0 heterocycles. The molecular formula is C23H21ClN4O2. The molecular weight excluding hydrogens is 400 g/mol. The molecule has 0 aliphatic heterocycles. The van der Waals surface area contributed by atoms with Gasteiger partial charge in [0, 0.05) is 11.4 Å². The van der Waals surface area contributed by atoms with Crippen LogP contribution in [0.1, 0.15) is 21.5 Å². The molecule has 6 nitrogen and oxygen atoms in total. The number of nitrogens with one attached hydrogen (secondary N) is 3. The zero-order valence-electron chi connectivity index (χ0n) is 16.4. The predicted molar refractivity (Wildman–Crippen MR) is 121 cm³/mol. The van der Waals surface area contributed by atoms with Crippen molar-refractivity contribution >= 4 is 41.0 Å². The first-order chi connectivity index (χ1) is 14.5. The number of benzene rings is 3. The van der Waals surface area contributed by atoms with Crippen LogP contribution in [0.15, 0.2) is 77.9 Å². The number of hydrogen-bond acceptors (Lipinski definition) is 4. The highest BCUT2D eigenvalue weighted by atomic mass is 35.5. The Kier molecular flexibility index (Phi) is 7.19. The van der Waals surface area contributed by atoms with Gasteiger partial charge < -0.3 is 10.6 Å². The maximum absolute atomic E-state index is 12.4. The number of aryl methyl sites for hydroxylation is 1. The van der Waals surface area contributed by atoms with Crippen LogP contribution in [0, 0.1) is 6.92 Å². The lowest BCUT2D eigenvalue weighted by Crippen LogP contribution is -2.25. The maximum Gasteiger partial charge on any atom is 0.259 e.